The van der Waals surface area contributed by atoms with Crippen molar-refractivity contribution in [2.24, 2.45) is 11.8 Å². The molecular weight excluding hydrogens is 296 g/mol. The van der Waals surface area contributed by atoms with E-state index in [1.54, 1.807) is 7.11 Å². The number of methoxy groups -OCH3 is 1. The number of hydrogen-bond acceptors (Lipinski definition) is 5. The second kappa shape index (κ2) is 6.22. The first-order valence-electron chi connectivity index (χ1n) is 8.72. The van der Waals surface area contributed by atoms with Crippen LogP contribution in [-0.2, 0) is 14.2 Å². The van der Waals surface area contributed by atoms with Gasteiger partial charge in [0.2, 0.25) is 0 Å². The molecule has 6 nitrogen and oxygen atoms in total. The Bertz CT molecular complexity index is 438. The van der Waals surface area contributed by atoms with Gasteiger partial charge in [0.1, 0.15) is 5.60 Å². The van der Waals surface area contributed by atoms with Crippen molar-refractivity contribution >= 4 is 6.09 Å². The van der Waals surface area contributed by atoms with Crippen molar-refractivity contribution < 1.29 is 19.0 Å². The zero-order valence-corrected chi connectivity index (χ0v) is 14.9. The van der Waals surface area contributed by atoms with Gasteiger partial charge < -0.3 is 24.4 Å². The number of likely N-dealkylation sites (tertiary alicyclic amines) is 1. The molecule has 3 fully saturated rings. The first-order valence-corrected chi connectivity index (χ1v) is 8.72. The van der Waals surface area contributed by atoms with Crippen molar-refractivity contribution in [1.82, 2.24) is 10.2 Å². The van der Waals surface area contributed by atoms with Crippen LogP contribution >= 0.6 is 0 Å². The van der Waals surface area contributed by atoms with E-state index in [0.717, 1.165) is 26.1 Å². The van der Waals surface area contributed by atoms with Gasteiger partial charge in [-0.3, -0.25) is 0 Å². The third-order valence-corrected chi connectivity index (χ3v) is 5.15. The predicted octanol–water partition coefficient (Wildman–Crippen LogP) is 1.63. The number of nitrogens with one attached hydrogen (secondary N) is 1. The molecule has 0 bridgehead atoms. The van der Waals surface area contributed by atoms with Crippen molar-refractivity contribution in [1.29, 1.82) is 0 Å². The largest absolute Gasteiger partial charge is 0.444 e. The van der Waals surface area contributed by atoms with E-state index in [9.17, 15) is 4.79 Å². The molecule has 1 saturated heterocycles. The molecule has 0 aromatic heterocycles. The number of piperidine rings is 1. The fraction of sp³-hybridized carbons (Fsp3) is 0.941. The molecule has 0 radical (unpaired) electrons. The third kappa shape index (κ3) is 3.49. The van der Waals surface area contributed by atoms with Gasteiger partial charge in [-0.25, -0.2) is 4.79 Å². The van der Waals surface area contributed by atoms with Crippen LogP contribution in [0.25, 0.3) is 0 Å². The lowest BCUT2D eigenvalue weighted by molar-refractivity contribution is -0.132. The number of carbonyl (C=O) groups excluding carboxylic acids is 1. The summed E-state index contributed by atoms with van der Waals surface area (Å²) in [6.45, 7) is 10.1. The van der Waals surface area contributed by atoms with Crippen molar-refractivity contribution in [3.05, 3.63) is 0 Å². The number of ether oxygens (including phenoxy) is 3. The van der Waals surface area contributed by atoms with Gasteiger partial charge in [-0.05, 0) is 46.0 Å². The zero-order valence-electron chi connectivity index (χ0n) is 14.9. The summed E-state index contributed by atoms with van der Waals surface area (Å²) in [5.41, 5.74) is -0.423. The normalized spacial score (nSPS) is 38.9. The highest BCUT2D eigenvalue weighted by Gasteiger charge is 2.59. The summed E-state index contributed by atoms with van der Waals surface area (Å²) in [6.07, 6.45) is 1.20. The quantitative estimate of drug-likeness (QED) is 0.832. The molecule has 0 aromatic rings. The molecular formula is C17H30N2O4. The molecule has 2 aliphatic carbocycles. The fourth-order valence-corrected chi connectivity index (χ4v) is 3.93. The van der Waals surface area contributed by atoms with Crippen LogP contribution in [0.4, 0.5) is 4.79 Å². The van der Waals surface area contributed by atoms with Gasteiger partial charge in [-0.15, -0.1) is 0 Å². The number of hydrogen-bond donors (Lipinski definition) is 1. The molecule has 5 unspecified atom stereocenters. The lowest BCUT2D eigenvalue weighted by Crippen LogP contribution is -2.61. The van der Waals surface area contributed by atoms with Crippen LogP contribution < -0.4 is 5.32 Å². The van der Waals surface area contributed by atoms with Crippen LogP contribution in [-0.4, -0.2) is 67.7 Å². The highest BCUT2D eigenvalue weighted by molar-refractivity contribution is 5.69. The smallest absolute Gasteiger partial charge is 0.410 e. The standard InChI is InChI=1S/C17H30N2O4/c1-6-22-13-7-12(15(13)21-5)18-14-10-8-19(9-11(10)14)16(20)23-17(2,3)4/h10-15,18H,6-9H2,1-5H3. The Morgan fingerprint density at radius 3 is 2.43 bits per heavy atom. The molecule has 3 aliphatic rings. The summed E-state index contributed by atoms with van der Waals surface area (Å²) in [7, 11) is 1.75. The fourth-order valence-electron chi connectivity index (χ4n) is 3.93. The maximum absolute atomic E-state index is 12.1. The minimum Gasteiger partial charge on any atom is -0.444 e. The van der Waals surface area contributed by atoms with Crippen molar-refractivity contribution in [2.75, 3.05) is 26.8 Å². The summed E-state index contributed by atoms with van der Waals surface area (Å²) in [6, 6.07) is 0.890. The van der Waals surface area contributed by atoms with E-state index in [2.05, 4.69) is 5.32 Å². The van der Waals surface area contributed by atoms with E-state index in [-0.39, 0.29) is 18.3 Å². The number of nitrogens with zero attached hydrogens (tertiary/aromatic N) is 1. The molecule has 0 aromatic carbocycles. The second-order valence-electron chi connectivity index (χ2n) is 7.94. The Hall–Kier alpha value is -0.850. The Kier molecular flexibility index (Phi) is 4.60. The molecule has 2 saturated carbocycles. The van der Waals surface area contributed by atoms with Crippen LogP contribution in [0.3, 0.4) is 0 Å². The van der Waals surface area contributed by atoms with Crippen LogP contribution in [0.2, 0.25) is 0 Å². The highest BCUT2D eigenvalue weighted by atomic mass is 16.6. The molecule has 5 atom stereocenters. The van der Waals surface area contributed by atoms with E-state index in [1.165, 1.54) is 0 Å². The van der Waals surface area contributed by atoms with Gasteiger partial charge in [-0.1, -0.05) is 0 Å². The maximum atomic E-state index is 12.1. The van der Waals surface area contributed by atoms with Crippen LogP contribution in [0.1, 0.15) is 34.1 Å². The second-order valence-corrected chi connectivity index (χ2v) is 7.94. The topological polar surface area (TPSA) is 60.0 Å². The van der Waals surface area contributed by atoms with Crippen molar-refractivity contribution in [2.45, 2.75) is 64.0 Å². The van der Waals surface area contributed by atoms with E-state index in [1.807, 2.05) is 32.6 Å². The third-order valence-electron chi connectivity index (χ3n) is 5.15. The Balaban J connectivity index is 1.42. The zero-order chi connectivity index (χ0) is 16.8. The molecule has 0 spiro atoms. The molecule has 1 heterocycles. The number of rotatable bonds is 5. The molecule has 1 N–H and O–H groups in total. The highest BCUT2D eigenvalue weighted by Crippen LogP contribution is 2.47. The molecule has 3 rings (SSSR count). The van der Waals surface area contributed by atoms with E-state index < -0.39 is 5.60 Å². The minimum absolute atomic E-state index is 0.151. The first kappa shape index (κ1) is 17.0. The van der Waals surface area contributed by atoms with Crippen LogP contribution in [0, 0.1) is 11.8 Å². The van der Waals surface area contributed by atoms with E-state index in [4.69, 9.17) is 14.2 Å². The Morgan fingerprint density at radius 2 is 1.91 bits per heavy atom. The summed E-state index contributed by atoms with van der Waals surface area (Å²) in [4.78, 5) is 13.9. The number of carbonyl (C=O) groups is 1. The van der Waals surface area contributed by atoms with E-state index >= 15 is 0 Å². The number of amides is 1. The molecule has 23 heavy (non-hydrogen) atoms. The molecule has 1 aliphatic heterocycles. The van der Waals surface area contributed by atoms with Gasteiger partial charge in [0.15, 0.2) is 0 Å². The lowest BCUT2D eigenvalue weighted by atomic mass is 9.85. The summed E-state index contributed by atoms with van der Waals surface area (Å²) >= 11 is 0. The molecule has 6 heteroatoms. The van der Waals surface area contributed by atoms with Crippen LogP contribution in [0.15, 0.2) is 0 Å². The van der Waals surface area contributed by atoms with Crippen molar-refractivity contribution in [3.8, 4) is 0 Å². The van der Waals surface area contributed by atoms with Gasteiger partial charge in [-0.2, -0.15) is 0 Å². The SMILES string of the molecule is CCOC1CC(NC2C3CN(C(=O)OC(C)(C)C)CC32)C1OC. The summed E-state index contributed by atoms with van der Waals surface area (Å²) < 4.78 is 16.7. The van der Waals surface area contributed by atoms with Crippen LogP contribution in [0.5, 0.6) is 0 Å². The van der Waals surface area contributed by atoms with Crippen molar-refractivity contribution in [3.63, 3.8) is 0 Å². The number of fused-ring (bicyclic) bond motifs is 1. The predicted molar refractivity (Wildman–Crippen MR) is 86.3 cm³/mol. The maximum Gasteiger partial charge on any atom is 0.410 e. The van der Waals surface area contributed by atoms with Gasteiger partial charge in [0, 0.05) is 38.9 Å². The summed E-state index contributed by atoms with van der Waals surface area (Å²) in [5, 5.41) is 3.71. The molecule has 1 amide bonds. The Morgan fingerprint density at radius 1 is 1.26 bits per heavy atom. The lowest BCUT2D eigenvalue weighted by Gasteiger charge is -2.44. The van der Waals surface area contributed by atoms with Gasteiger partial charge in [0.25, 0.3) is 0 Å². The van der Waals surface area contributed by atoms with Gasteiger partial charge in [0.05, 0.1) is 12.2 Å². The first-order chi connectivity index (χ1) is 10.8. The van der Waals surface area contributed by atoms with Gasteiger partial charge >= 0.3 is 6.09 Å². The Labute approximate surface area is 138 Å². The average Bonchev–Trinajstić information content (AvgIpc) is 2.88. The average molecular weight is 326 g/mol. The summed E-state index contributed by atoms with van der Waals surface area (Å²) in [5.74, 6) is 1.12. The monoisotopic (exact) mass is 326 g/mol. The minimum atomic E-state index is -0.423. The van der Waals surface area contributed by atoms with E-state index in [0.29, 0.717) is 23.9 Å². The molecule has 132 valence electrons.